The third-order valence-electron chi connectivity index (χ3n) is 1.53. The van der Waals surface area contributed by atoms with Crippen LogP contribution in [0.2, 0.25) is 0 Å². The predicted molar refractivity (Wildman–Crippen MR) is 53.3 cm³/mol. The summed E-state index contributed by atoms with van der Waals surface area (Å²) in [5.41, 5.74) is 7.33. The van der Waals surface area contributed by atoms with Crippen LogP contribution < -0.4 is 5.73 Å². The summed E-state index contributed by atoms with van der Waals surface area (Å²) in [6.45, 7) is 0. The van der Waals surface area contributed by atoms with Gasteiger partial charge in [-0.2, -0.15) is 0 Å². The Hall–Kier alpha value is -0.710. The maximum Gasteiger partial charge on any atom is 0.147 e. The van der Waals surface area contributed by atoms with Crippen LogP contribution in [-0.4, -0.2) is 0 Å². The molecule has 2 nitrogen and oxygen atoms in total. The van der Waals surface area contributed by atoms with Crippen LogP contribution in [0, 0.1) is 3.57 Å². The van der Waals surface area contributed by atoms with Gasteiger partial charge >= 0.3 is 0 Å². The van der Waals surface area contributed by atoms with Crippen LogP contribution in [0.5, 0.6) is 0 Å². The number of anilines is 1. The molecule has 0 saturated carbocycles. The molecule has 0 radical (unpaired) electrons. The number of nitrogens with two attached hydrogens (primary N) is 1. The fourth-order valence-corrected chi connectivity index (χ4v) is 1.86. The first-order valence-corrected chi connectivity index (χ1v) is 4.27. The molecular formula is C8H6INO. The third kappa shape index (κ3) is 1.09. The summed E-state index contributed by atoms with van der Waals surface area (Å²) in [7, 11) is 0. The van der Waals surface area contributed by atoms with E-state index < -0.39 is 0 Å². The molecule has 0 aliphatic rings. The molecule has 0 saturated heterocycles. The van der Waals surface area contributed by atoms with E-state index in [9.17, 15) is 0 Å². The summed E-state index contributed by atoms with van der Waals surface area (Å²) in [4.78, 5) is 0. The Labute approximate surface area is 77.5 Å². The van der Waals surface area contributed by atoms with Gasteiger partial charge in [0.2, 0.25) is 0 Å². The van der Waals surface area contributed by atoms with Crippen LogP contribution in [0.25, 0.3) is 11.0 Å². The number of benzene rings is 1. The van der Waals surface area contributed by atoms with E-state index in [0.717, 1.165) is 20.2 Å². The fraction of sp³-hybridized carbons (Fsp3) is 0. The van der Waals surface area contributed by atoms with Crippen molar-refractivity contribution in [2.75, 3.05) is 5.73 Å². The number of hydrogen-bond acceptors (Lipinski definition) is 2. The molecule has 56 valence electrons. The van der Waals surface area contributed by atoms with Crippen molar-refractivity contribution < 1.29 is 4.42 Å². The highest BCUT2D eigenvalue weighted by molar-refractivity contribution is 14.1. The monoisotopic (exact) mass is 259 g/mol. The van der Waals surface area contributed by atoms with Gasteiger partial charge < -0.3 is 10.2 Å². The average Bonchev–Trinajstić information content (AvgIpc) is 2.34. The van der Waals surface area contributed by atoms with Crippen LogP contribution in [0.3, 0.4) is 0 Å². The van der Waals surface area contributed by atoms with Crippen molar-refractivity contribution in [1.29, 1.82) is 0 Å². The second-order valence-corrected chi connectivity index (χ2v) is 3.50. The van der Waals surface area contributed by atoms with Crippen molar-refractivity contribution in [3.63, 3.8) is 0 Å². The van der Waals surface area contributed by atoms with Crippen LogP contribution in [-0.2, 0) is 0 Å². The lowest BCUT2D eigenvalue weighted by Gasteiger charge is -1.94. The van der Waals surface area contributed by atoms with Gasteiger partial charge in [-0.15, -0.1) is 0 Å². The SMILES string of the molecule is Nc1cc(I)c2occc2c1. The summed E-state index contributed by atoms with van der Waals surface area (Å²) >= 11 is 2.21. The van der Waals surface area contributed by atoms with Crippen molar-refractivity contribution in [3.05, 3.63) is 28.0 Å². The first-order chi connectivity index (χ1) is 5.27. The number of fused-ring (bicyclic) bond motifs is 1. The van der Waals surface area contributed by atoms with E-state index in [1.54, 1.807) is 6.26 Å². The van der Waals surface area contributed by atoms with Crippen LogP contribution >= 0.6 is 22.6 Å². The van der Waals surface area contributed by atoms with Crippen LogP contribution in [0.1, 0.15) is 0 Å². The fourth-order valence-electron chi connectivity index (χ4n) is 1.06. The Morgan fingerprint density at radius 3 is 3.00 bits per heavy atom. The normalized spacial score (nSPS) is 10.6. The molecule has 0 unspecified atom stereocenters. The molecule has 0 fully saturated rings. The second kappa shape index (κ2) is 2.41. The third-order valence-corrected chi connectivity index (χ3v) is 2.33. The highest BCUT2D eigenvalue weighted by Gasteiger charge is 2.01. The Morgan fingerprint density at radius 1 is 1.36 bits per heavy atom. The molecule has 2 rings (SSSR count). The summed E-state index contributed by atoms with van der Waals surface area (Å²) in [5, 5.41) is 1.06. The van der Waals surface area contributed by atoms with Crippen LogP contribution in [0.15, 0.2) is 28.9 Å². The Bertz CT molecular complexity index is 394. The van der Waals surface area contributed by atoms with Crippen LogP contribution in [0.4, 0.5) is 5.69 Å². The van der Waals surface area contributed by atoms with Gasteiger partial charge in [0, 0.05) is 11.1 Å². The van der Waals surface area contributed by atoms with Gasteiger partial charge in [-0.05, 0) is 40.8 Å². The molecule has 0 aliphatic heterocycles. The Balaban J connectivity index is 2.91. The lowest BCUT2D eigenvalue weighted by molar-refractivity contribution is 0.614. The lowest BCUT2D eigenvalue weighted by Crippen LogP contribution is -1.84. The maximum absolute atomic E-state index is 5.64. The van der Waals surface area contributed by atoms with Crippen molar-refractivity contribution in [3.8, 4) is 0 Å². The molecule has 0 aliphatic carbocycles. The lowest BCUT2D eigenvalue weighted by atomic mass is 10.2. The van der Waals surface area contributed by atoms with Crippen molar-refractivity contribution in [2.24, 2.45) is 0 Å². The number of halogens is 1. The topological polar surface area (TPSA) is 39.2 Å². The van der Waals surface area contributed by atoms with E-state index in [-0.39, 0.29) is 0 Å². The Morgan fingerprint density at radius 2 is 2.18 bits per heavy atom. The number of nitrogen functional groups attached to an aromatic ring is 1. The van der Waals surface area contributed by atoms with Crippen molar-refractivity contribution in [2.45, 2.75) is 0 Å². The highest BCUT2D eigenvalue weighted by atomic mass is 127. The minimum absolute atomic E-state index is 0.781. The van der Waals surface area contributed by atoms with Crippen molar-refractivity contribution in [1.82, 2.24) is 0 Å². The van der Waals surface area contributed by atoms with Gasteiger partial charge in [0.1, 0.15) is 5.58 Å². The summed E-state index contributed by atoms with van der Waals surface area (Å²) in [6.07, 6.45) is 1.67. The maximum atomic E-state index is 5.64. The molecule has 2 aromatic rings. The summed E-state index contributed by atoms with van der Waals surface area (Å²) < 4.78 is 6.30. The molecule has 1 heterocycles. The molecular weight excluding hydrogens is 253 g/mol. The zero-order valence-corrected chi connectivity index (χ0v) is 7.83. The quantitative estimate of drug-likeness (QED) is 0.583. The smallest absolute Gasteiger partial charge is 0.147 e. The van der Waals surface area contributed by atoms with Gasteiger partial charge in [-0.1, -0.05) is 0 Å². The first-order valence-electron chi connectivity index (χ1n) is 3.19. The second-order valence-electron chi connectivity index (χ2n) is 2.34. The zero-order valence-electron chi connectivity index (χ0n) is 5.67. The van der Waals surface area contributed by atoms with Gasteiger partial charge in [-0.3, -0.25) is 0 Å². The molecule has 0 amide bonds. The predicted octanol–water partition coefficient (Wildman–Crippen LogP) is 2.62. The molecule has 1 aromatic carbocycles. The van der Waals surface area contributed by atoms with Gasteiger partial charge in [-0.25, -0.2) is 0 Å². The average molecular weight is 259 g/mol. The summed E-state index contributed by atoms with van der Waals surface area (Å²) in [6, 6.07) is 5.71. The Kier molecular flexibility index (Phi) is 1.52. The molecule has 11 heavy (non-hydrogen) atoms. The van der Waals surface area contributed by atoms with Gasteiger partial charge in [0.15, 0.2) is 0 Å². The first kappa shape index (κ1) is 6.97. The van der Waals surface area contributed by atoms with E-state index in [4.69, 9.17) is 10.2 Å². The van der Waals surface area contributed by atoms with E-state index in [0.29, 0.717) is 0 Å². The minimum atomic E-state index is 0.781. The van der Waals surface area contributed by atoms with Gasteiger partial charge in [0.05, 0.1) is 9.83 Å². The molecule has 0 atom stereocenters. The molecule has 1 aromatic heterocycles. The summed E-state index contributed by atoms with van der Waals surface area (Å²) in [5.74, 6) is 0. The molecule has 0 spiro atoms. The largest absolute Gasteiger partial charge is 0.463 e. The number of rotatable bonds is 0. The highest BCUT2D eigenvalue weighted by Crippen LogP contribution is 2.24. The van der Waals surface area contributed by atoms with E-state index in [1.165, 1.54) is 0 Å². The molecule has 0 bridgehead atoms. The standard InChI is InChI=1S/C8H6INO/c9-7-4-6(10)3-5-1-2-11-8(5)7/h1-4H,10H2. The van der Waals surface area contributed by atoms with Gasteiger partial charge in [0.25, 0.3) is 0 Å². The van der Waals surface area contributed by atoms with E-state index >= 15 is 0 Å². The van der Waals surface area contributed by atoms with E-state index in [2.05, 4.69) is 22.6 Å². The molecule has 3 heteroatoms. The number of hydrogen-bond donors (Lipinski definition) is 1. The minimum Gasteiger partial charge on any atom is -0.463 e. The number of furan rings is 1. The molecule has 2 N–H and O–H groups in total. The van der Waals surface area contributed by atoms with Crippen molar-refractivity contribution >= 4 is 39.2 Å². The zero-order chi connectivity index (χ0) is 7.84. The van der Waals surface area contributed by atoms with E-state index in [1.807, 2.05) is 18.2 Å².